The zero-order valence-electron chi connectivity index (χ0n) is 11.6. The van der Waals surface area contributed by atoms with Crippen LogP contribution in [0.4, 0.5) is 0 Å². The Hall–Kier alpha value is -2.29. The maximum atomic E-state index is 11.4. The van der Waals surface area contributed by atoms with Crippen molar-refractivity contribution in [2.75, 3.05) is 0 Å². The highest BCUT2D eigenvalue weighted by molar-refractivity contribution is 6.52. The first kappa shape index (κ1) is 14.1. The van der Waals surface area contributed by atoms with E-state index >= 15 is 0 Å². The summed E-state index contributed by atoms with van der Waals surface area (Å²) in [6.07, 6.45) is 0.971. The van der Waals surface area contributed by atoms with Crippen LogP contribution in [0.1, 0.15) is 12.5 Å². The van der Waals surface area contributed by atoms with Crippen LogP contribution in [-0.2, 0) is 11.1 Å². The maximum Gasteiger partial charge on any atom is 0.338 e. The molecule has 0 bridgehead atoms. The molecule has 0 saturated heterocycles. The summed E-state index contributed by atoms with van der Waals surface area (Å²) in [5.41, 5.74) is 2.95. The Morgan fingerprint density at radius 3 is 2.35 bits per heavy atom. The summed E-state index contributed by atoms with van der Waals surface area (Å²) < 4.78 is 5.16. The van der Waals surface area contributed by atoms with Crippen molar-refractivity contribution in [1.82, 2.24) is 0 Å². The monoisotopic (exact) mass is 264 g/mol. The molecule has 0 saturated carbocycles. The van der Waals surface area contributed by atoms with Crippen molar-refractivity contribution in [3.05, 3.63) is 72.3 Å². The van der Waals surface area contributed by atoms with E-state index in [-0.39, 0.29) is 5.97 Å². The van der Waals surface area contributed by atoms with Crippen molar-refractivity contribution in [3.8, 4) is 5.75 Å². The molecule has 0 aliphatic carbocycles. The Morgan fingerprint density at radius 1 is 1.10 bits per heavy atom. The molecule has 3 heteroatoms. The highest BCUT2D eigenvalue weighted by atomic mass is 16.5. The highest BCUT2D eigenvalue weighted by Gasteiger charge is 2.05. The maximum absolute atomic E-state index is 11.4. The van der Waals surface area contributed by atoms with Crippen molar-refractivity contribution >= 4 is 18.7 Å². The Labute approximate surface area is 120 Å². The number of carbonyl (C=O) groups excluding carboxylic acids is 1. The third-order valence-electron chi connectivity index (χ3n) is 3.03. The molecular formula is C17H17BO2. The topological polar surface area (TPSA) is 26.3 Å². The molecule has 0 atom stereocenters. The SMILES string of the molecule is C=C(C)C(=O)Oc1ccc(CBc2ccccc2)cc1. The van der Waals surface area contributed by atoms with Gasteiger partial charge in [-0.3, -0.25) is 0 Å². The molecule has 2 rings (SSSR count). The van der Waals surface area contributed by atoms with E-state index in [0.29, 0.717) is 11.3 Å². The number of rotatable bonds is 5. The van der Waals surface area contributed by atoms with Crippen LogP contribution < -0.4 is 10.2 Å². The van der Waals surface area contributed by atoms with E-state index in [0.717, 1.165) is 13.6 Å². The second-order valence-corrected chi connectivity index (χ2v) is 4.80. The zero-order chi connectivity index (χ0) is 14.4. The van der Waals surface area contributed by atoms with Crippen molar-refractivity contribution < 1.29 is 9.53 Å². The molecule has 0 unspecified atom stereocenters. The lowest BCUT2D eigenvalue weighted by molar-refractivity contribution is -0.130. The normalized spacial score (nSPS) is 9.85. The number of benzene rings is 2. The lowest BCUT2D eigenvalue weighted by atomic mass is 9.65. The van der Waals surface area contributed by atoms with E-state index in [2.05, 4.69) is 30.8 Å². The third-order valence-corrected chi connectivity index (χ3v) is 3.03. The molecular weight excluding hydrogens is 247 g/mol. The Bertz CT molecular complexity index is 588. The number of esters is 1. The van der Waals surface area contributed by atoms with E-state index in [1.807, 2.05) is 30.3 Å². The Kier molecular flexibility index (Phi) is 4.77. The molecule has 2 nitrogen and oxygen atoms in total. The molecule has 0 heterocycles. The number of ether oxygens (including phenoxy) is 1. The Morgan fingerprint density at radius 2 is 1.75 bits per heavy atom. The van der Waals surface area contributed by atoms with Gasteiger partial charge in [-0.2, -0.15) is 0 Å². The van der Waals surface area contributed by atoms with Crippen LogP contribution in [0.2, 0.25) is 0 Å². The quantitative estimate of drug-likeness (QED) is 0.359. The van der Waals surface area contributed by atoms with E-state index < -0.39 is 0 Å². The lowest BCUT2D eigenvalue weighted by Gasteiger charge is -2.05. The van der Waals surface area contributed by atoms with Crippen molar-refractivity contribution in [1.29, 1.82) is 0 Å². The van der Waals surface area contributed by atoms with Gasteiger partial charge in [0.15, 0.2) is 7.28 Å². The summed E-state index contributed by atoms with van der Waals surface area (Å²) in [7, 11) is 1.01. The fourth-order valence-corrected chi connectivity index (χ4v) is 1.85. The first-order chi connectivity index (χ1) is 9.65. The molecule has 0 aromatic heterocycles. The van der Waals surface area contributed by atoms with Gasteiger partial charge >= 0.3 is 5.97 Å². The van der Waals surface area contributed by atoms with Crippen LogP contribution in [0.15, 0.2) is 66.7 Å². The van der Waals surface area contributed by atoms with Crippen LogP contribution in [-0.4, -0.2) is 13.2 Å². The molecule has 100 valence electrons. The van der Waals surface area contributed by atoms with Gasteiger partial charge in [-0.15, -0.1) is 0 Å². The van der Waals surface area contributed by atoms with Gasteiger partial charge in [0, 0.05) is 5.57 Å². The smallest absolute Gasteiger partial charge is 0.338 e. The van der Waals surface area contributed by atoms with Gasteiger partial charge in [0.05, 0.1) is 0 Å². The molecule has 0 aliphatic heterocycles. The van der Waals surface area contributed by atoms with E-state index in [4.69, 9.17) is 4.74 Å². The molecule has 0 N–H and O–H groups in total. The van der Waals surface area contributed by atoms with Crippen LogP contribution in [0.25, 0.3) is 0 Å². The number of carbonyl (C=O) groups is 1. The van der Waals surface area contributed by atoms with Gasteiger partial charge in [0.2, 0.25) is 0 Å². The predicted molar refractivity (Wildman–Crippen MR) is 83.8 cm³/mol. The average Bonchev–Trinajstić information content (AvgIpc) is 2.47. The second-order valence-electron chi connectivity index (χ2n) is 4.80. The van der Waals surface area contributed by atoms with Crippen molar-refractivity contribution in [3.63, 3.8) is 0 Å². The number of hydrogen-bond acceptors (Lipinski definition) is 2. The molecule has 0 radical (unpaired) electrons. The summed E-state index contributed by atoms with van der Waals surface area (Å²) in [5, 5.41) is 0. The van der Waals surface area contributed by atoms with E-state index in [1.54, 1.807) is 6.92 Å². The standard InChI is InChI=1S/C17H17BO2/c1-13(2)17(19)20-16-10-8-14(9-11-16)12-18-15-6-4-3-5-7-15/h3-11,18H,1,12H2,2H3. The van der Waals surface area contributed by atoms with Gasteiger partial charge in [0.25, 0.3) is 0 Å². The molecule has 2 aromatic carbocycles. The first-order valence-electron chi connectivity index (χ1n) is 6.66. The Balaban J connectivity index is 1.91. The molecule has 0 aliphatic rings. The first-order valence-corrected chi connectivity index (χ1v) is 6.66. The summed E-state index contributed by atoms with van der Waals surface area (Å²) in [6.45, 7) is 5.19. The lowest BCUT2D eigenvalue weighted by Crippen LogP contribution is -2.15. The van der Waals surface area contributed by atoms with E-state index in [9.17, 15) is 4.79 Å². The van der Waals surface area contributed by atoms with Crippen molar-refractivity contribution in [2.45, 2.75) is 13.2 Å². The van der Waals surface area contributed by atoms with Crippen molar-refractivity contribution in [2.24, 2.45) is 0 Å². The summed E-state index contributed by atoms with van der Waals surface area (Å²) in [4.78, 5) is 11.4. The molecule has 0 spiro atoms. The molecule has 0 amide bonds. The van der Waals surface area contributed by atoms with Crippen LogP contribution >= 0.6 is 0 Å². The van der Waals surface area contributed by atoms with Gasteiger partial charge in [-0.1, -0.05) is 60.1 Å². The molecule has 2 aromatic rings. The summed E-state index contributed by atoms with van der Waals surface area (Å²) in [5.74, 6) is 0.170. The fraction of sp³-hybridized carbons (Fsp3) is 0.118. The number of hydrogen-bond donors (Lipinski definition) is 0. The van der Waals surface area contributed by atoms with Gasteiger partial charge < -0.3 is 4.74 Å². The van der Waals surface area contributed by atoms with Gasteiger partial charge in [-0.25, -0.2) is 4.79 Å². The minimum Gasteiger partial charge on any atom is -0.423 e. The zero-order valence-corrected chi connectivity index (χ0v) is 11.6. The average molecular weight is 264 g/mol. The van der Waals surface area contributed by atoms with E-state index in [1.165, 1.54) is 11.0 Å². The molecule has 20 heavy (non-hydrogen) atoms. The summed E-state index contributed by atoms with van der Waals surface area (Å²) >= 11 is 0. The molecule has 0 fully saturated rings. The minimum absolute atomic E-state index is 0.387. The van der Waals surface area contributed by atoms with Gasteiger partial charge in [-0.05, 0) is 25.4 Å². The van der Waals surface area contributed by atoms with Crippen LogP contribution in [0.3, 0.4) is 0 Å². The third kappa shape index (κ3) is 4.13. The van der Waals surface area contributed by atoms with Crippen LogP contribution in [0, 0.1) is 0 Å². The van der Waals surface area contributed by atoms with Gasteiger partial charge in [0.1, 0.15) is 5.75 Å². The highest BCUT2D eigenvalue weighted by Crippen LogP contribution is 2.13. The predicted octanol–water partition coefficient (Wildman–Crippen LogP) is 2.43. The summed E-state index contributed by atoms with van der Waals surface area (Å²) in [6, 6.07) is 18.0. The second kappa shape index (κ2) is 6.76. The fourth-order valence-electron chi connectivity index (χ4n) is 1.85. The minimum atomic E-state index is -0.387. The van der Waals surface area contributed by atoms with Crippen LogP contribution in [0.5, 0.6) is 5.75 Å². The largest absolute Gasteiger partial charge is 0.423 e.